The van der Waals surface area contributed by atoms with Crippen LogP contribution in [0.3, 0.4) is 0 Å². The van der Waals surface area contributed by atoms with Crippen LogP contribution in [-0.4, -0.2) is 14.3 Å². The van der Waals surface area contributed by atoms with Crippen LogP contribution in [0.4, 0.5) is 0 Å². The first-order valence-corrected chi connectivity index (χ1v) is 11.4. The standard InChI is InChI=1S/C24H23NO3S/c26-24(25-23-12-6-8-19-7-4-5-11-22(19)23)20-15-13-18(14-16-20)17-29(27,28)21-9-2-1-3-10-21/h1-5,7,9-11,13-16,23H,6,8,12,17H2,(H,25,26). The molecule has 1 aliphatic rings. The average Bonchev–Trinajstić information content (AvgIpc) is 2.75. The van der Waals surface area contributed by atoms with Gasteiger partial charge in [-0.15, -0.1) is 0 Å². The SMILES string of the molecule is O=C(NC1CCCc2ccccc21)c1ccc(CS(=O)(=O)c2ccccc2)cc1. The zero-order valence-corrected chi connectivity index (χ0v) is 16.9. The monoisotopic (exact) mass is 405 g/mol. The van der Waals surface area contributed by atoms with E-state index in [1.807, 2.05) is 12.1 Å². The highest BCUT2D eigenvalue weighted by Gasteiger charge is 2.22. The molecule has 1 N–H and O–H groups in total. The molecule has 1 unspecified atom stereocenters. The van der Waals surface area contributed by atoms with Crippen LogP contribution in [0.15, 0.2) is 83.8 Å². The fourth-order valence-electron chi connectivity index (χ4n) is 3.83. The molecule has 0 saturated heterocycles. The lowest BCUT2D eigenvalue weighted by Crippen LogP contribution is -2.30. The summed E-state index contributed by atoms with van der Waals surface area (Å²) in [6, 6.07) is 23.5. The molecular formula is C24H23NO3S. The first-order chi connectivity index (χ1) is 14.0. The van der Waals surface area contributed by atoms with Gasteiger partial charge in [-0.25, -0.2) is 8.42 Å². The fraction of sp³-hybridized carbons (Fsp3) is 0.208. The molecule has 0 bridgehead atoms. The maximum absolute atomic E-state index is 12.7. The van der Waals surface area contributed by atoms with Gasteiger partial charge in [0.25, 0.3) is 5.91 Å². The second-order valence-electron chi connectivity index (χ2n) is 7.39. The quantitative estimate of drug-likeness (QED) is 0.681. The van der Waals surface area contributed by atoms with Crippen molar-refractivity contribution in [2.45, 2.75) is 36.0 Å². The Kier molecular flexibility index (Phi) is 5.49. The Morgan fingerprint density at radius 3 is 2.34 bits per heavy atom. The van der Waals surface area contributed by atoms with Gasteiger partial charge in [-0.05, 0) is 60.2 Å². The summed E-state index contributed by atoms with van der Waals surface area (Å²) < 4.78 is 25.0. The third-order valence-corrected chi connectivity index (χ3v) is 7.05. The summed E-state index contributed by atoms with van der Waals surface area (Å²) in [6.45, 7) is 0. The summed E-state index contributed by atoms with van der Waals surface area (Å²) in [6.07, 6.45) is 3.03. The number of fused-ring (bicyclic) bond motifs is 1. The molecule has 0 saturated carbocycles. The summed E-state index contributed by atoms with van der Waals surface area (Å²) in [5.41, 5.74) is 3.69. The van der Waals surface area contributed by atoms with Gasteiger partial charge in [0.2, 0.25) is 0 Å². The topological polar surface area (TPSA) is 63.2 Å². The van der Waals surface area contributed by atoms with Gasteiger partial charge < -0.3 is 5.32 Å². The molecule has 29 heavy (non-hydrogen) atoms. The van der Waals surface area contributed by atoms with E-state index in [9.17, 15) is 13.2 Å². The van der Waals surface area contributed by atoms with Crippen molar-refractivity contribution in [3.05, 3.63) is 101 Å². The molecule has 4 rings (SSSR count). The van der Waals surface area contributed by atoms with Gasteiger partial charge in [0, 0.05) is 5.56 Å². The summed E-state index contributed by atoms with van der Waals surface area (Å²) in [7, 11) is -3.40. The lowest BCUT2D eigenvalue weighted by Gasteiger charge is -2.26. The predicted octanol–water partition coefficient (Wildman–Crippen LogP) is 4.47. The maximum Gasteiger partial charge on any atom is 0.251 e. The minimum atomic E-state index is -3.40. The van der Waals surface area contributed by atoms with Crippen molar-refractivity contribution in [2.75, 3.05) is 0 Å². The summed E-state index contributed by atoms with van der Waals surface area (Å²) in [5, 5.41) is 3.13. The number of carbonyl (C=O) groups excluding carboxylic acids is 1. The van der Waals surface area contributed by atoms with Crippen molar-refractivity contribution >= 4 is 15.7 Å². The molecule has 1 aliphatic carbocycles. The number of aryl methyl sites for hydroxylation is 1. The number of hydrogen-bond donors (Lipinski definition) is 1. The molecule has 1 atom stereocenters. The Hall–Kier alpha value is -2.92. The molecule has 0 radical (unpaired) electrons. The van der Waals surface area contributed by atoms with Gasteiger partial charge in [-0.3, -0.25) is 4.79 Å². The van der Waals surface area contributed by atoms with Gasteiger partial charge in [0.1, 0.15) is 0 Å². The Balaban J connectivity index is 1.45. The van der Waals surface area contributed by atoms with Crippen LogP contribution in [0.25, 0.3) is 0 Å². The van der Waals surface area contributed by atoms with Crippen LogP contribution >= 0.6 is 0 Å². The molecule has 0 fully saturated rings. The second-order valence-corrected chi connectivity index (χ2v) is 9.38. The van der Waals surface area contributed by atoms with E-state index in [0.717, 1.165) is 19.3 Å². The highest BCUT2D eigenvalue weighted by atomic mass is 32.2. The molecule has 5 heteroatoms. The number of rotatable bonds is 5. The highest BCUT2D eigenvalue weighted by Crippen LogP contribution is 2.29. The number of sulfone groups is 1. The number of nitrogens with one attached hydrogen (secondary N) is 1. The average molecular weight is 406 g/mol. The first kappa shape index (κ1) is 19.4. The maximum atomic E-state index is 12.7. The van der Waals surface area contributed by atoms with E-state index >= 15 is 0 Å². The fourth-order valence-corrected chi connectivity index (χ4v) is 5.20. The van der Waals surface area contributed by atoms with E-state index in [4.69, 9.17) is 0 Å². The van der Waals surface area contributed by atoms with Crippen LogP contribution in [0, 0.1) is 0 Å². The number of amides is 1. The minimum absolute atomic E-state index is 0.0191. The number of benzene rings is 3. The lowest BCUT2D eigenvalue weighted by atomic mass is 9.87. The minimum Gasteiger partial charge on any atom is -0.345 e. The summed E-state index contributed by atoms with van der Waals surface area (Å²) in [5.74, 6) is -0.223. The zero-order valence-electron chi connectivity index (χ0n) is 16.0. The normalized spacial score (nSPS) is 16.1. The molecule has 0 spiro atoms. The van der Waals surface area contributed by atoms with Crippen molar-refractivity contribution in [1.29, 1.82) is 0 Å². The Morgan fingerprint density at radius 1 is 0.897 bits per heavy atom. The molecule has 3 aromatic carbocycles. The second kappa shape index (κ2) is 8.21. The molecule has 148 valence electrons. The van der Waals surface area contributed by atoms with E-state index in [1.54, 1.807) is 54.6 Å². The Morgan fingerprint density at radius 2 is 1.59 bits per heavy atom. The highest BCUT2D eigenvalue weighted by molar-refractivity contribution is 7.90. The largest absolute Gasteiger partial charge is 0.345 e. The molecule has 0 heterocycles. The van der Waals surface area contributed by atoms with Crippen molar-refractivity contribution in [3.8, 4) is 0 Å². The summed E-state index contributed by atoms with van der Waals surface area (Å²) in [4.78, 5) is 13.0. The third kappa shape index (κ3) is 4.40. The van der Waals surface area contributed by atoms with Gasteiger partial charge in [-0.1, -0.05) is 54.6 Å². The number of carbonyl (C=O) groups is 1. The van der Waals surface area contributed by atoms with E-state index in [1.165, 1.54) is 11.1 Å². The smallest absolute Gasteiger partial charge is 0.251 e. The van der Waals surface area contributed by atoms with Crippen molar-refractivity contribution in [3.63, 3.8) is 0 Å². The van der Waals surface area contributed by atoms with Gasteiger partial charge >= 0.3 is 0 Å². The molecule has 1 amide bonds. The van der Waals surface area contributed by atoms with E-state index in [0.29, 0.717) is 16.0 Å². The van der Waals surface area contributed by atoms with Crippen LogP contribution in [-0.2, 0) is 22.0 Å². The van der Waals surface area contributed by atoms with Crippen LogP contribution in [0.1, 0.15) is 45.9 Å². The van der Waals surface area contributed by atoms with Crippen LogP contribution in [0.5, 0.6) is 0 Å². The van der Waals surface area contributed by atoms with Crippen molar-refractivity contribution in [2.24, 2.45) is 0 Å². The van der Waals surface area contributed by atoms with E-state index in [2.05, 4.69) is 17.4 Å². The van der Waals surface area contributed by atoms with Crippen molar-refractivity contribution in [1.82, 2.24) is 5.32 Å². The van der Waals surface area contributed by atoms with E-state index < -0.39 is 9.84 Å². The molecule has 4 nitrogen and oxygen atoms in total. The number of hydrogen-bond acceptors (Lipinski definition) is 3. The van der Waals surface area contributed by atoms with Crippen LogP contribution < -0.4 is 5.32 Å². The third-order valence-electron chi connectivity index (χ3n) is 5.35. The molecule has 3 aromatic rings. The van der Waals surface area contributed by atoms with E-state index in [-0.39, 0.29) is 17.7 Å². The Labute approximate surface area is 171 Å². The Bertz CT molecular complexity index is 1110. The van der Waals surface area contributed by atoms with Crippen LogP contribution in [0.2, 0.25) is 0 Å². The predicted molar refractivity (Wildman–Crippen MR) is 113 cm³/mol. The molecule has 0 aromatic heterocycles. The first-order valence-electron chi connectivity index (χ1n) is 9.78. The van der Waals surface area contributed by atoms with Gasteiger partial charge in [0.05, 0.1) is 16.7 Å². The van der Waals surface area contributed by atoms with Gasteiger partial charge in [0.15, 0.2) is 9.84 Å². The lowest BCUT2D eigenvalue weighted by molar-refractivity contribution is 0.0932. The van der Waals surface area contributed by atoms with Gasteiger partial charge in [-0.2, -0.15) is 0 Å². The molecular weight excluding hydrogens is 382 g/mol. The summed E-state index contributed by atoms with van der Waals surface area (Å²) >= 11 is 0. The molecule has 0 aliphatic heterocycles. The van der Waals surface area contributed by atoms with Crippen molar-refractivity contribution < 1.29 is 13.2 Å². The zero-order chi connectivity index (χ0) is 20.3.